The van der Waals surface area contributed by atoms with E-state index < -0.39 is 5.78 Å². The second-order valence-corrected chi connectivity index (χ2v) is 3.94. The molecule has 3 nitrogen and oxygen atoms in total. The van der Waals surface area contributed by atoms with Gasteiger partial charge in [-0.2, -0.15) is 0 Å². The maximum absolute atomic E-state index is 12.0. The van der Waals surface area contributed by atoms with Crippen LogP contribution in [0.25, 0.3) is 0 Å². The zero-order valence-electron chi connectivity index (χ0n) is 8.72. The fourth-order valence-corrected chi connectivity index (χ4v) is 1.67. The van der Waals surface area contributed by atoms with Crippen molar-refractivity contribution in [2.45, 2.75) is 0 Å². The first-order valence-electron chi connectivity index (χ1n) is 4.91. The summed E-state index contributed by atoms with van der Waals surface area (Å²) in [6.07, 6.45) is 0. The van der Waals surface area contributed by atoms with Crippen molar-refractivity contribution in [3.8, 4) is 11.5 Å². The van der Waals surface area contributed by atoms with Crippen molar-refractivity contribution in [3.05, 3.63) is 58.6 Å². The summed E-state index contributed by atoms with van der Waals surface area (Å²) in [5.41, 5.74) is 0.251. The molecule has 0 saturated carbocycles. The summed E-state index contributed by atoms with van der Waals surface area (Å²) < 4.78 is 0. The Labute approximate surface area is 103 Å². The molecule has 0 aromatic heterocycles. The van der Waals surface area contributed by atoms with Gasteiger partial charge >= 0.3 is 0 Å². The van der Waals surface area contributed by atoms with Gasteiger partial charge < -0.3 is 10.2 Å². The Balaban J connectivity index is 2.48. The molecule has 4 heteroatoms. The van der Waals surface area contributed by atoms with Gasteiger partial charge in [-0.3, -0.25) is 4.79 Å². The molecule has 0 aliphatic rings. The van der Waals surface area contributed by atoms with E-state index in [4.69, 9.17) is 11.6 Å². The number of benzene rings is 2. The monoisotopic (exact) mass is 248 g/mol. The third-order valence-electron chi connectivity index (χ3n) is 2.35. The fraction of sp³-hybridized carbons (Fsp3) is 0. The van der Waals surface area contributed by atoms with Gasteiger partial charge in [0.2, 0.25) is 0 Å². The molecule has 0 amide bonds. The van der Waals surface area contributed by atoms with E-state index in [1.54, 1.807) is 12.1 Å². The van der Waals surface area contributed by atoms with Crippen LogP contribution in [0.15, 0.2) is 42.5 Å². The van der Waals surface area contributed by atoms with E-state index >= 15 is 0 Å². The summed E-state index contributed by atoms with van der Waals surface area (Å²) >= 11 is 5.68. The molecular formula is C13H9ClO3. The van der Waals surface area contributed by atoms with Gasteiger partial charge in [0.25, 0.3) is 0 Å². The number of halogens is 1. The molecule has 2 aromatic carbocycles. The van der Waals surface area contributed by atoms with Crippen molar-refractivity contribution in [2.24, 2.45) is 0 Å². The number of para-hydroxylation sites is 1. The Morgan fingerprint density at radius 2 is 1.59 bits per heavy atom. The van der Waals surface area contributed by atoms with E-state index in [9.17, 15) is 15.0 Å². The highest BCUT2D eigenvalue weighted by atomic mass is 35.5. The number of hydrogen-bond acceptors (Lipinski definition) is 3. The summed E-state index contributed by atoms with van der Waals surface area (Å²) in [5.74, 6) is -0.769. The molecule has 0 spiro atoms. The van der Waals surface area contributed by atoms with Gasteiger partial charge in [0.1, 0.15) is 11.5 Å². The maximum atomic E-state index is 12.0. The highest BCUT2D eigenvalue weighted by Crippen LogP contribution is 2.27. The third-order valence-corrected chi connectivity index (χ3v) is 2.59. The van der Waals surface area contributed by atoms with Crippen molar-refractivity contribution in [3.63, 3.8) is 0 Å². The predicted molar refractivity (Wildman–Crippen MR) is 64.7 cm³/mol. The number of carbonyl (C=O) groups is 1. The number of hydrogen-bond donors (Lipinski definition) is 2. The van der Waals surface area contributed by atoms with Gasteiger partial charge in [0.15, 0.2) is 5.78 Å². The van der Waals surface area contributed by atoms with Crippen LogP contribution in [0, 0.1) is 0 Å². The van der Waals surface area contributed by atoms with Crippen LogP contribution >= 0.6 is 11.6 Å². The third kappa shape index (κ3) is 2.24. The average Bonchev–Trinajstić information content (AvgIpc) is 2.29. The van der Waals surface area contributed by atoms with E-state index in [0.717, 1.165) is 0 Å². The van der Waals surface area contributed by atoms with Crippen molar-refractivity contribution >= 4 is 17.4 Å². The molecule has 0 aliphatic heterocycles. The minimum atomic E-state index is -0.447. The van der Waals surface area contributed by atoms with E-state index in [0.29, 0.717) is 5.02 Å². The number of carbonyl (C=O) groups excluding carboxylic acids is 1. The predicted octanol–water partition coefficient (Wildman–Crippen LogP) is 2.98. The highest BCUT2D eigenvalue weighted by molar-refractivity contribution is 6.31. The van der Waals surface area contributed by atoms with Gasteiger partial charge in [-0.1, -0.05) is 23.7 Å². The molecule has 0 bridgehead atoms. The lowest BCUT2D eigenvalue weighted by atomic mass is 10.0. The second-order valence-electron chi connectivity index (χ2n) is 3.51. The minimum Gasteiger partial charge on any atom is -0.507 e. The molecule has 0 atom stereocenters. The summed E-state index contributed by atoms with van der Waals surface area (Å²) in [6.45, 7) is 0. The molecule has 2 rings (SSSR count). The first-order valence-corrected chi connectivity index (χ1v) is 5.28. The van der Waals surface area contributed by atoms with E-state index in [1.165, 1.54) is 30.3 Å². The normalized spacial score (nSPS) is 10.2. The van der Waals surface area contributed by atoms with E-state index in [2.05, 4.69) is 0 Å². The molecule has 0 unspecified atom stereocenters. The Morgan fingerprint density at radius 1 is 0.941 bits per heavy atom. The minimum absolute atomic E-state index is 0.107. The van der Waals surface area contributed by atoms with Gasteiger partial charge in [0.05, 0.1) is 11.1 Å². The van der Waals surface area contributed by atoms with Gasteiger partial charge in [-0.15, -0.1) is 0 Å². The first-order chi connectivity index (χ1) is 8.09. The number of phenols is 2. The molecule has 17 heavy (non-hydrogen) atoms. The van der Waals surface area contributed by atoms with Crippen LogP contribution in [0.5, 0.6) is 11.5 Å². The molecule has 2 N–H and O–H groups in total. The molecule has 0 saturated heterocycles. The topological polar surface area (TPSA) is 57.5 Å². The molecule has 0 heterocycles. The zero-order chi connectivity index (χ0) is 12.4. The van der Waals surface area contributed by atoms with Crippen LogP contribution in [-0.4, -0.2) is 16.0 Å². The van der Waals surface area contributed by atoms with Crippen LogP contribution in [-0.2, 0) is 0 Å². The van der Waals surface area contributed by atoms with Crippen molar-refractivity contribution in [1.29, 1.82) is 0 Å². The standard InChI is InChI=1S/C13H9ClO3/c14-8-5-6-10(12(16)7-8)13(17)9-3-1-2-4-11(9)15/h1-7,15-16H. The number of rotatable bonds is 2. The molecule has 2 aromatic rings. The largest absolute Gasteiger partial charge is 0.507 e. The molecule has 86 valence electrons. The number of ketones is 1. The molecule has 0 radical (unpaired) electrons. The van der Waals surface area contributed by atoms with E-state index in [1.807, 2.05) is 0 Å². The van der Waals surface area contributed by atoms with Gasteiger partial charge in [-0.25, -0.2) is 0 Å². The first kappa shape index (κ1) is 11.5. The number of phenolic OH excluding ortho intramolecular Hbond substituents is 2. The van der Waals surface area contributed by atoms with Crippen LogP contribution < -0.4 is 0 Å². The average molecular weight is 249 g/mol. The Kier molecular flexibility index (Phi) is 3.02. The van der Waals surface area contributed by atoms with E-state index in [-0.39, 0.29) is 22.6 Å². The summed E-state index contributed by atoms with van der Waals surface area (Å²) in [4.78, 5) is 12.0. The van der Waals surface area contributed by atoms with Crippen LogP contribution in [0.4, 0.5) is 0 Å². The number of aromatic hydroxyl groups is 2. The zero-order valence-corrected chi connectivity index (χ0v) is 9.48. The second kappa shape index (κ2) is 4.47. The van der Waals surface area contributed by atoms with Crippen molar-refractivity contribution in [1.82, 2.24) is 0 Å². The van der Waals surface area contributed by atoms with Crippen LogP contribution in [0.3, 0.4) is 0 Å². The lowest BCUT2D eigenvalue weighted by Crippen LogP contribution is -2.01. The summed E-state index contributed by atoms with van der Waals surface area (Å²) in [7, 11) is 0. The van der Waals surface area contributed by atoms with Crippen molar-refractivity contribution in [2.75, 3.05) is 0 Å². The highest BCUT2D eigenvalue weighted by Gasteiger charge is 2.16. The van der Waals surface area contributed by atoms with Gasteiger partial charge in [0, 0.05) is 5.02 Å². The smallest absolute Gasteiger partial charge is 0.200 e. The Bertz CT molecular complexity index is 579. The molecule has 0 fully saturated rings. The van der Waals surface area contributed by atoms with Crippen molar-refractivity contribution < 1.29 is 15.0 Å². The lowest BCUT2D eigenvalue weighted by molar-refractivity contribution is 0.103. The Morgan fingerprint density at radius 3 is 2.24 bits per heavy atom. The summed E-state index contributed by atoms with van der Waals surface area (Å²) in [6, 6.07) is 10.4. The molecular weight excluding hydrogens is 240 g/mol. The van der Waals surface area contributed by atoms with Gasteiger partial charge in [-0.05, 0) is 30.3 Å². The van der Waals surface area contributed by atoms with Crippen LogP contribution in [0.2, 0.25) is 5.02 Å². The maximum Gasteiger partial charge on any atom is 0.200 e. The molecule has 0 aliphatic carbocycles. The SMILES string of the molecule is O=C(c1ccccc1O)c1ccc(Cl)cc1O. The lowest BCUT2D eigenvalue weighted by Gasteiger charge is -2.05. The quantitative estimate of drug-likeness (QED) is 0.804. The Hall–Kier alpha value is -2.00. The summed E-state index contributed by atoms with van der Waals surface area (Å²) in [5, 5.41) is 19.5. The fourth-order valence-electron chi connectivity index (χ4n) is 1.51. The van der Waals surface area contributed by atoms with Crippen LogP contribution in [0.1, 0.15) is 15.9 Å².